The van der Waals surface area contributed by atoms with Gasteiger partial charge in [0.25, 0.3) is 5.91 Å². The van der Waals surface area contributed by atoms with Gasteiger partial charge < -0.3 is 14.5 Å². The number of benzene rings is 2. The fourth-order valence-electron chi connectivity index (χ4n) is 4.08. The van der Waals surface area contributed by atoms with Crippen molar-refractivity contribution < 1.29 is 14.3 Å². The Morgan fingerprint density at radius 2 is 1.70 bits per heavy atom. The van der Waals surface area contributed by atoms with Crippen molar-refractivity contribution in [2.45, 2.75) is 45.1 Å². The van der Waals surface area contributed by atoms with Crippen LogP contribution >= 0.6 is 0 Å². The normalized spacial score (nSPS) is 14.4. The number of rotatable bonds is 8. The van der Waals surface area contributed by atoms with Crippen molar-refractivity contribution in [3.8, 4) is 5.75 Å². The average molecular weight is 409 g/mol. The van der Waals surface area contributed by atoms with Gasteiger partial charge in [-0.05, 0) is 55.5 Å². The molecule has 0 aromatic heterocycles. The van der Waals surface area contributed by atoms with Crippen LogP contribution in [-0.4, -0.2) is 54.4 Å². The van der Waals surface area contributed by atoms with Crippen LogP contribution in [0.5, 0.6) is 5.75 Å². The third-order valence-corrected chi connectivity index (χ3v) is 5.78. The summed E-state index contributed by atoms with van der Waals surface area (Å²) in [6.07, 6.45) is 3.86. The van der Waals surface area contributed by atoms with E-state index >= 15 is 0 Å². The number of methoxy groups -OCH3 is 1. The number of likely N-dealkylation sites (tertiary alicyclic amines) is 1. The molecule has 3 rings (SSSR count). The van der Waals surface area contributed by atoms with E-state index in [0.29, 0.717) is 19.5 Å². The molecule has 0 radical (unpaired) electrons. The van der Waals surface area contributed by atoms with Gasteiger partial charge in [0.05, 0.1) is 7.11 Å². The van der Waals surface area contributed by atoms with Crippen LogP contribution in [0.2, 0.25) is 0 Å². The molecule has 30 heavy (non-hydrogen) atoms. The summed E-state index contributed by atoms with van der Waals surface area (Å²) in [5, 5.41) is 0. The predicted octanol–water partition coefficient (Wildman–Crippen LogP) is 4.17. The fraction of sp³-hybridized carbons (Fsp3) is 0.440. The van der Waals surface area contributed by atoms with Gasteiger partial charge in [-0.2, -0.15) is 0 Å². The van der Waals surface area contributed by atoms with Gasteiger partial charge in [-0.1, -0.05) is 37.3 Å². The lowest BCUT2D eigenvalue weighted by molar-refractivity contribution is -0.134. The molecule has 0 saturated carbocycles. The Hall–Kier alpha value is -2.82. The molecular weight excluding hydrogens is 376 g/mol. The van der Waals surface area contributed by atoms with E-state index in [9.17, 15) is 9.59 Å². The molecule has 0 atom stereocenters. The van der Waals surface area contributed by atoms with Crippen molar-refractivity contribution in [1.29, 1.82) is 0 Å². The Morgan fingerprint density at radius 3 is 2.30 bits per heavy atom. The van der Waals surface area contributed by atoms with Gasteiger partial charge in [0.1, 0.15) is 5.75 Å². The molecule has 5 heteroatoms. The van der Waals surface area contributed by atoms with Crippen LogP contribution in [-0.2, 0) is 11.2 Å². The first kappa shape index (κ1) is 21.9. The molecule has 0 unspecified atom stereocenters. The first-order valence-corrected chi connectivity index (χ1v) is 10.9. The van der Waals surface area contributed by atoms with Crippen molar-refractivity contribution in [3.05, 3.63) is 65.7 Å². The molecule has 2 amide bonds. The molecule has 5 nitrogen and oxygen atoms in total. The van der Waals surface area contributed by atoms with Gasteiger partial charge in [-0.25, -0.2) is 0 Å². The molecule has 1 heterocycles. The Labute approximate surface area is 179 Å². The Morgan fingerprint density at radius 1 is 1.03 bits per heavy atom. The number of piperidine rings is 1. The number of carbonyl (C=O) groups is 2. The van der Waals surface area contributed by atoms with E-state index in [1.165, 1.54) is 0 Å². The highest BCUT2D eigenvalue weighted by Crippen LogP contribution is 2.21. The van der Waals surface area contributed by atoms with Crippen molar-refractivity contribution in [1.82, 2.24) is 9.80 Å². The molecule has 2 aromatic carbocycles. The number of aryl methyl sites for hydroxylation is 1. The largest absolute Gasteiger partial charge is 0.497 e. The maximum Gasteiger partial charge on any atom is 0.253 e. The standard InChI is InChI=1S/C25H32N2O3/c1-3-17-27(24(28)14-11-20-9-12-23(30-2)13-10-20)22-15-18-26(19-16-22)25(29)21-7-5-4-6-8-21/h4-10,12-13,22H,3,11,14-19H2,1-2H3. The van der Waals surface area contributed by atoms with E-state index in [2.05, 4.69) is 6.92 Å². The van der Waals surface area contributed by atoms with E-state index in [0.717, 1.165) is 49.1 Å². The minimum absolute atomic E-state index is 0.0851. The maximum absolute atomic E-state index is 13.0. The van der Waals surface area contributed by atoms with Crippen LogP contribution in [0, 0.1) is 0 Å². The molecule has 1 aliphatic rings. The van der Waals surface area contributed by atoms with Crippen LogP contribution in [0.15, 0.2) is 54.6 Å². The minimum Gasteiger partial charge on any atom is -0.497 e. The first-order chi connectivity index (χ1) is 14.6. The van der Waals surface area contributed by atoms with Gasteiger partial charge in [0, 0.05) is 37.7 Å². The van der Waals surface area contributed by atoms with Gasteiger partial charge in [0.2, 0.25) is 5.91 Å². The fourth-order valence-corrected chi connectivity index (χ4v) is 4.08. The van der Waals surface area contributed by atoms with Gasteiger partial charge in [0.15, 0.2) is 0 Å². The van der Waals surface area contributed by atoms with E-state index in [1.54, 1.807) is 7.11 Å². The second kappa shape index (κ2) is 10.8. The third kappa shape index (κ3) is 5.62. The number of carbonyl (C=O) groups excluding carboxylic acids is 2. The minimum atomic E-state index is 0.0851. The van der Waals surface area contributed by atoms with Crippen LogP contribution in [0.25, 0.3) is 0 Å². The molecule has 0 spiro atoms. The number of nitrogens with zero attached hydrogens (tertiary/aromatic N) is 2. The van der Waals surface area contributed by atoms with Crippen molar-refractivity contribution in [3.63, 3.8) is 0 Å². The topological polar surface area (TPSA) is 49.9 Å². The highest BCUT2D eigenvalue weighted by molar-refractivity contribution is 5.94. The summed E-state index contributed by atoms with van der Waals surface area (Å²) in [5.41, 5.74) is 1.88. The molecule has 160 valence electrons. The van der Waals surface area contributed by atoms with Crippen molar-refractivity contribution in [2.24, 2.45) is 0 Å². The lowest BCUT2D eigenvalue weighted by Gasteiger charge is -2.38. The van der Waals surface area contributed by atoms with Gasteiger partial charge in [-0.3, -0.25) is 9.59 Å². The van der Waals surface area contributed by atoms with E-state index in [1.807, 2.05) is 64.4 Å². The third-order valence-electron chi connectivity index (χ3n) is 5.78. The molecule has 0 aliphatic carbocycles. The van der Waals surface area contributed by atoms with Crippen LogP contribution in [0.4, 0.5) is 0 Å². The molecule has 1 fully saturated rings. The highest BCUT2D eigenvalue weighted by Gasteiger charge is 2.29. The van der Waals surface area contributed by atoms with E-state index < -0.39 is 0 Å². The lowest BCUT2D eigenvalue weighted by Crippen LogP contribution is -2.49. The molecule has 1 aliphatic heterocycles. The molecule has 1 saturated heterocycles. The van der Waals surface area contributed by atoms with Crippen molar-refractivity contribution >= 4 is 11.8 Å². The monoisotopic (exact) mass is 408 g/mol. The number of amides is 2. The first-order valence-electron chi connectivity index (χ1n) is 10.9. The van der Waals surface area contributed by atoms with E-state index in [-0.39, 0.29) is 17.9 Å². The summed E-state index contributed by atoms with van der Waals surface area (Å²) in [6, 6.07) is 17.5. The molecule has 0 bridgehead atoms. The SMILES string of the molecule is CCCN(C(=O)CCc1ccc(OC)cc1)C1CCN(C(=O)c2ccccc2)CC1. The molecule has 2 aromatic rings. The quantitative estimate of drug-likeness (QED) is 0.659. The zero-order chi connectivity index (χ0) is 21.3. The number of hydrogen-bond donors (Lipinski definition) is 0. The van der Waals surface area contributed by atoms with Gasteiger partial charge >= 0.3 is 0 Å². The second-order valence-electron chi connectivity index (χ2n) is 7.82. The number of ether oxygens (including phenoxy) is 1. The van der Waals surface area contributed by atoms with Crippen molar-refractivity contribution in [2.75, 3.05) is 26.7 Å². The lowest BCUT2D eigenvalue weighted by atomic mass is 10.0. The Kier molecular flexibility index (Phi) is 7.89. The zero-order valence-corrected chi connectivity index (χ0v) is 18.0. The second-order valence-corrected chi connectivity index (χ2v) is 7.82. The van der Waals surface area contributed by atoms with Gasteiger partial charge in [-0.15, -0.1) is 0 Å². The summed E-state index contributed by atoms with van der Waals surface area (Å²) in [6.45, 7) is 4.28. The Balaban J connectivity index is 1.54. The maximum atomic E-state index is 13.0. The Bertz CT molecular complexity index is 812. The van der Waals surface area contributed by atoms with Crippen LogP contribution in [0.3, 0.4) is 0 Å². The highest BCUT2D eigenvalue weighted by atomic mass is 16.5. The summed E-state index contributed by atoms with van der Waals surface area (Å²) < 4.78 is 5.19. The average Bonchev–Trinajstić information content (AvgIpc) is 2.81. The van der Waals surface area contributed by atoms with E-state index in [4.69, 9.17) is 4.74 Å². The van der Waals surface area contributed by atoms with Crippen LogP contribution in [0.1, 0.15) is 48.5 Å². The van der Waals surface area contributed by atoms with Crippen LogP contribution < -0.4 is 4.74 Å². The zero-order valence-electron chi connectivity index (χ0n) is 18.0. The molecular formula is C25H32N2O3. The summed E-state index contributed by atoms with van der Waals surface area (Å²) in [5.74, 6) is 1.12. The smallest absolute Gasteiger partial charge is 0.253 e. The summed E-state index contributed by atoms with van der Waals surface area (Å²) in [4.78, 5) is 29.6. The number of hydrogen-bond acceptors (Lipinski definition) is 3. The summed E-state index contributed by atoms with van der Waals surface area (Å²) >= 11 is 0. The summed E-state index contributed by atoms with van der Waals surface area (Å²) in [7, 11) is 1.65. The molecule has 0 N–H and O–H groups in total. The predicted molar refractivity (Wildman–Crippen MR) is 119 cm³/mol.